The summed E-state index contributed by atoms with van der Waals surface area (Å²) in [4.78, 5) is 1.97. The van der Waals surface area contributed by atoms with Gasteiger partial charge in [0.25, 0.3) is 0 Å². The second kappa shape index (κ2) is 7.06. The number of benzene rings is 1. The summed E-state index contributed by atoms with van der Waals surface area (Å²) in [5.41, 5.74) is 6.03. The number of likely N-dealkylation sites (N-methyl/N-ethyl adjacent to an activating group) is 1. The summed E-state index contributed by atoms with van der Waals surface area (Å²) in [6.07, 6.45) is 0. The summed E-state index contributed by atoms with van der Waals surface area (Å²) in [5, 5.41) is 11.4. The highest BCUT2D eigenvalue weighted by atomic mass is 19.1. The van der Waals surface area contributed by atoms with Gasteiger partial charge in [-0.25, -0.2) is 4.39 Å². The molecule has 1 atom stereocenters. The largest absolute Gasteiger partial charge is 0.409 e. The molecule has 0 saturated carbocycles. The number of nitrogens with two attached hydrogens (primary N) is 1. The van der Waals surface area contributed by atoms with E-state index in [1.54, 1.807) is 19.2 Å². The van der Waals surface area contributed by atoms with E-state index >= 15 is 0 Å². The topological polar surface area (TPSA) is 71.1 Å². The lowest BCUT2D eigenvalue weighted by molar-refractivity contribution is 0.111. The lowest BCUT2D eigenvalue weighted by Gasteiger charge is -2.24. The average molecular weight is 269 g/mol. The van der Waals surface area contributed by atoms with E-state index in [9.17, 15) is 4.39 Å². The number of rotatable bonds is 6. The third-order valence-electron chi connectivity index (χ3n) is 3.04. The van der Waals surface area contributed by atoms with Crippen LogP contribution in [0.2, 0.25) is 0 Å². The maximum atomic E-state index is 14.2. The van der Waals surface area contributed by atoms with Crippen LogP contribution < -0.4 is 5.73 Å². The molecule has 0 heterocycles. The van der Waals surface area contributed by atoms with Crippen molar-refractivity contribution in [3.05, 3.63) is 35.1 Å². The maximum absolute atomic E-state index is 14.2. The SMILES string of the molecule is COCC(C)N(C)Cc1cccc(/C(N)=N/O)c1F. The number of nitrogens with zero attached hydrogens (tertiary/aromatic N) is 2. The quantitative estimate of drug-likeness (QED) is 0.354. The molecule has 1 aromatic rings. The number of hydrogen-bond acceptors (Lipinski definition) is 4. The van der Waals surface area contributed by atoms with Gasteiger partial charge in [-0.2, -0.15) is 0 Å². The van der Waals surface area contributed by atoms with E-state index in [1.807, 2.05) is 18.9 Å². The Bertz CT molecular complexity index is 452. The number of halogens is 1. The molecule has 0 fully saturated rings. The molecule has 1 aromatic carbocycles. The van der Waals surface area contributed by atoms with Crippen LogP contribution in [0.5, 0.6) is 0 Å². The van der Waals surface area contributed by atoms with Crippen molar-refractivity contribution in [1.29, 1.82) is 0 Å². The molecule has 0 aliphatic heterocycles. The summed E-state index contributed by atoms with van der Waals surface area (Å²) in [6, 6.07) is 5.00. The molecule has 106 valence electrons. The Kier molecular flexibility index (Phi) is 5.72. The standard InChI is InChI=1S/C13H20FN3O2/c1-9(8-19-3)17(2)7-10-5-4-6-11(12(10)14)13(15)16-18/h4-6,9,18H,7-8H2,1-3H3,(H2,15,16). The van der Waals surface area contributed by atoms with Crippen molar-refractivity contribution in [1.82, 2.24) is 4.90 Å². The van der Waals surface area contributed by atoms with E-state index in [0.29, 0.717) is 18.7 Å². The molecule has 0 bridgehead atoms. The highest BCUT2D eigenvalue weighted by molar-refractivity contribution is 5.97. The fraction of sp³-hybridized carbons (Fsp3) is 0.462. The molecule has 1 rings (SSSR count). The van der Waals surface area contributed by atoms with E-state index in [1.165, 1.54) is 6.07 Å². The molecule has 5 nitrogen and oxygen atoms in total. The van der Waals surface area contributed by atoms with Crippen LogP contribution in [0.25, 0.3) is 0 Å². The molecule has 0 radical (unpaired) electrons. The van der Waals surface area contributed by atoms with E-state index < -0.39 is 5.82 Å². The van der Waals surface area contributed by atoms with Gasteiger partial charge in [0, 0.05) is 25.3 Å². The number of hydrogen-bond donors (Lipinski definition) is 2. The summed E-state index contributed by atoms with van der Waals surface area (Å²) < 4.78 is 19.3. The number of ether oxygens (including phenoxy) is 1. The Labute approximate surface area is 112 Å². The first-order chi connectivity index (χ1) is 9.01. The molecule has 0 amide bonds. The van der Waals surface area contributed by atoms with Crippen molar-refractivity contribution in [3.8, 4) is 0 Å². The second-order valence-corrected chi connectivity index (χ2v) is 4.48. The van der Waals surface area contributed by atoms with Gasteiger partial charge in [-0.05, 0) is 20.0 Å². The zero-order valence-electron chi connectivity index (χ0n) is 11.4. The Morgan fingerprint density at radius 2 is 2.26 bits per heavy atom. The van der Waals surface area contributed by atoms with Crippen LogP contribution in [-0.4, -0.2) is 42.7 Å². The Balaban J connectivity index is 2.91. The van der Waals surface area contributed by atoms with Crippen LogP contribution >= 0.6 is 0 Å². The third-order valence-corrected chi connectivity index (χ3v) is 3.04. The average Bonchev–Trinajstić information content (AvgIpc) is 2.40. The van der Waals surface area contributed by atoms with Gasteiger partial charge in [-0.1, -0.05) is 17.3 Å². The van der Waals surface area contributed by atoms with Crippen molar-refractivity contribution in [3.63, 3.8) is 0 Å². The van der Waals surface area contributed by atoms with Crippen molar-refractivity contribution in [2.75, 3.05) is 20.8 Å². The second-order valence-electron chi connectivity index (χ2n) is 4.48. The van der Waals surface area contributed by atoms with Crippen molar-refractivity contribution < 1.29 is 14.3 Å². The first-order valence-corrected chi connectivity index (χ1v) is 5.95. The molecule has 3 N–H and O–H groups in total. The summed E-state index contributed by atoms with van der Waals surface area (Å²) >= 11 is 0. The number of methoxy groups -OCH3 is 1. The van der Waals surface area contributed by atoms with Crippen LogP contribution in [0.3, 0.4) is 0 Å². The lowest BCUT2D eigenvalue weighted by atomic mass is 10.1. The van der Waals surface area contributed by atoms with Gasteiger partial charge in [0.05, 0.1) is 12.2 Å². The van der Waals surface area contributed by atoms with Crippen LogP contribution in [-0.2, 0) is 11.3 Å². The van der Waals surface area contributed by atoms with E-state index in [2.05, 4.69) is 5.16 Å². The van der Waals surface area contributed by atoms with Crippen molar-refractivity contribution in [2.45, 2.75) is 19.5 Å². The van der Waals surface area contributed by atoms with Crippen LogP contribution in [0, 0.1) is 5.82 Å². The van der Waals surface area contributed by atoms with Gasteiger partial charge in [-0.3, -0.25) is 4.90 Å². The lowest BCUT2D eigenvalue weighted by Crippen LogP contribution is -2.32. The van der Waals surface area contributed by atoms with Gasteiger partial charge < -0.3 is 15.7 Å². The predicted molar refractivity (Wildman–Crippen MR) is 71.7 cm³/mol. The van der Waals surface area contributed by atoms with E-state index in [4.69, 9.17) is 15.7 Å². The zero-order valence-corrected chi connectivity index (χ0v) is 11.4. The maximum Gasteiger partial charge on any atom is 0.173 e. The van der Waals surface area contributed by atoms with Gasteiger partial charge in [-0.15, -0.1) is 0 Å². The highest BCUT2D eigenvalue weighted by Gasteiger charge is 2.15. The number of amidine groups is 1. The minimum Gasteiger partial charge on any atom is -0.409 e. The summed E-state index contributed by atoms with van der Waals surface area (Å²) in [6.45, 7) is 2.98. The number of oxime groups is 1. The van der Waals surface area contributed by atoms with Crippen LogP contribution in [0.4, 0.5) is 4.39 Å². The zero-order chi connectivity index (χ0) is 14.4. The first-order valence-electron chi connectivity index (χ1n) is 5.95. The monoisotopic (exact) mass is 269 g/mol. The molecule has 0 saturated heterocycles. The molecule has 0 aliphatic carbocycles. The van der Waals surface area contributed by atoms with Gasteiger partial charge in [0.2, 0.25) is 0 Å². The molecule has 1 unspecified atom stereocenters. The molecule has 0 aromatic heterocycles. The van der Waals surface area contributed by atoms with Crippen molar-refractivity contribution >= 4 is 5.84 Å². The molecule has 0 spiro atoms. The summed E-state index contributed by atoms with van der Waals surface area (Å²) in [5.74, 6) is -0.693. The smallest absolute Gasteiger partial charge is 0.173 e. The molecule has 6 heteroatoms. The molecular formula is C13H20FN3O2. The Morgan fingerprint density at radius 1 is 1.58 bits per heavy atom. The van der Waals surface area contributed by atoms with Gasteiger partial charge in [0.1, 0.15) is 5.82 Å². The summed E-state index contributed by atoms with van der Waals surface area (Å²) in [7, 11) is 3.52. The molecule has 19 heavy (non-hydrogen) atoms. The van der Waals surface area contributed by atoms with E-state index in [-0.39, 0.29) is 17.4 Å². The van der Waals surface area contributed by atoms with Gasteiger partial charge >= 0.3 is 0 Å². The molecule has 0 aliphatic rings. The highest BCUT2D eigenvalue weighted by Crippen LogP contribution is 2.15. The third kappa shape index (κ3) is 3.90. The van der Waals surface area contributed by atoms with Gasteiger partial charge in [0.15, 0.2) is 5.84 Å². The fourth-order valence-corrected chi connectivity index (χ4v) is 1.75. The van der Waals surface area contributed by atoms with Crippen LogP contribution in [0.1, 0.15) is 18.1 Å². The Hall–Kier alpha value is -1.66. The Morgan fingerprint density at radius 3 is 2.84 bits per heavy atom. The fourth-order valence-electron chi connectivity index (χ4n) is 1.75. The van der Waals surface area contributed by atoms with E-state index in [0.717, 1.165) is 0 Å². The first kappa shape index (κ1) is 15.4. The van der Waals surface area contributed by atoms with Crippen molar-refractivity contribution in [2.24, 2.45) is 10.9 Å². The minimum atomic E-state index is -0.464. The van der Waals surface area contributed by atoms with Crippen LogP contribution in [0.15, 0.2) is 23.4 Å². The predicted octanol–water partition coefficient (Wildman–Crippen LogP) is 1.39. The normalized spacial score (nSPS) is 13.8. The minimum absolute atomic E-state index is 0.104. The molecular weight excluding hydrogens is 249 g/mol.